The molecule has 1 N–H and O–H groups in total. The first-order valence-electron chi connectivity index (χ1n) is 7.52. The number of fused-ring (bicyclic) bond motifs is 1. The first-order valence-corrected chi connectivity index (χ1v) is 7.52. The zero-order valence-electron chi connectivity index (χ0n) is 12.8. The summed E-state index contributed by atoms with van der Waals surface area (Å²) in [6, 6.07) is 5.16. The molecule has 0 aliphatic heterocycles. The van der Waals surface area contributed by atoms with E-state index in [1.54, 1.807) is 32.4 Å². The van der Waals surface area contributed by atoms with E-state index in [-0.39, 0.29) is 5.91 Å². The lowest BCUT2D eigenvalue weighted by atomic mass is 9.84. The molecule has 1 aromatic heterocycles. The number of aromatic nitrogens is 1. The second-order valence-electron chi connectivity index (χ2n) is 5.82. The number of aryl methyl sites for hydroxylation is 1. The first kappa shape index (κ1) is 14.8. The molecule has 1 amide bonds. The average molecular weight is 304 g/mol. The monoisotopic (exact) mass is 304 g/mol. The summed E-state index contributed by atoms with van der Waals surface area (Å²) in [5.74, 6) is -0.540. The molecule has 0 spiro atoms. The van der Waals surface area contributed by atoms with E-state index in [2.05, 4.69) is 5.32 Å². The number of anilines is 1. The maximum atomic E-state index is 12.6. The fourth-order valence-corrected chi connectivity index (χ4v) is 3.10. The van der Waals surface area contributed by atoms with Gasteiger partial charge in [0.1, 0.15) is 5.60 Å². The van der Waals surface area contributed by atoms with E-state index in [1.807, 2.05) is 0 Å². The quantitative estimate of drug-likeness (QED) is 0.945. The normalized spacial score (nSPS) is 17.5. The number of carbonyl (C=O) groups is 1. The van der Waals surface area contributed by atoms with E-state index in [1.165, 1.54) is 4.57 Å². The highest BCUT2D eigenvalue weighted by molar-refractivity contribution is 5.98. The lowest BCUT2D eigenvalue weighted by Crippen LogP contribution is -2.46. The van der Waals surface area contributed by atoms with Crippen molar-refractivity contribution in [2.24, 2.45) is 7.05 Å². The van der Waals surface area contributed by atoms with Crippen molar-refractivity contribution < 1.29 is 13.9 Å². The number of nitrogens with zero attached hydrogens (tertiary/aromatic N) is 1. The molecule has 118 valence electrons. The van der Waals surface area contributed by atoms with Crippen LogP contribution in [0.2, 0.25) is 0 Å². The SMILES string of the molecule is COC1(C(=O)Nc2ccc3oc(=O)n(C)c3c2)CCCCC1. The Bertz CT molecular complexity index is 753. The molecule has 6 nitrogen and oxygen atoms in total. The Morgan fingerprint density at radius 2 is 2.05 bits per heavy atom. The summed E-state index contributed by atoms with van der Waals surface area (Å²) in [7, 11) is 3.23. The van der Waals surface area contributed by atoms with Crippen molar-refractivity contribution >= 4 is 22.7 Å². The summed E-state index contributed by atoms with van der Waals surface area (Å²) in [5, 5.41) is 2.91. The third-order valence-electron chi connectivity index (χ3n) is 4.52. The average Bonchev–Trinajstić information content (AvgIpc) is 2.83. The molecule has 2 aromatic rings. The van der Waals surface area contributed by atoms with Gasteiger partial charge in [-0.15, -0.1) is 0 Å². The maximum Gasteiger partial charge on any atom is 0.419 e. The van der Waals surface area contributed by atoms with Crippen molar-refractivity contribution in [2.45, 2.75) is 37.7 Å². The van der Waals surface area contributed by atoms with Gasteiger partial charge in [-0.3, -0.25) is 9.36 Å². The van der Waals surface area contributed by atoms with Crippen LogP contribution in [0.25, 0.3) is 11.1 Å². The molecule has 0 radical (unpaired) electrons. The van der Waals surface area contributed by atoms with Crippen LogP contribution in [0.4, 0.5) is 5.69 Å². The number of hydrogen-bond donors (Lipinski definition) is 1. The van der Waals surface area contributed by atoms with Crippen LogP contribution in [0.3, 0.4) is 0 Å². The van der Waals surface area contributed by atoms with E-state index in [9.17, 15) is 9.59 Å². The zero-order valence-corrected chi connectivity index (χ0v) is 12.8. The van der Waals surface area contributed by atoms with Gasteiger partial charge in [0.15, 0.2) is 5.58 Å². The molecular formula is C16H20N2O4. The number of rotatable bonds is 3. The minimum Gasteiger partial charge on any atom is -0.408 e. The highest BCUT2D eigenvalue weighted by Gasteiger charge is 2.39. The van der Waals surface area contributed by atoms with Crippen molar-refractivity contribution in [3.8, 4) is 0 Å². The van der Waals surface area contributed by atoms with Crippen LogP contribution in [-0.4, -0.2) is 23.2 Å². The Morgan fingerprint density at radius 1 is 1.32 bits per heavy atom. The molecule has 0 atom stereocenters. The Hall–Kier alpha value is -2.08. The smallest absolute Gasteiger partial charge is 0.408 e. The second-order valence-corrected chi connectivity index (χ2v) is 5.82. The number of amides is 1. The number of hydrogen-bond acceptors (Lipinski definition) is 4. The summed E-state index contributed by atoms with van der Waals surface area (Å²) < 4.78 is 12.0. The van der Waals surface area contributed by atoms with Gasteiger partial charge in [-0.05, 0) is 31.0 Å². The lowest BCUT2D eigenvalue weighted by molar-refractivity contribution is -0.141. The van der Waals surface area contributed by atoms with Crippen molar-refractivity contribution in [3.05, 3.63) is 28.7 Å². The van der Waals surface area contributed by atoms with Gasteiger partial charge in [0.05, 0.1) is 5.52 Å². The van der Waals surface area contributed by atoms with Gasteiger partial charge >= 0.3 is 5.76 Å². The molecule has 1 fully saturated rings. The van der Waals surface area contributed by atoms with Crippen LogP contribution in [0.15, 0.2) is 27.4 Å². The number of oxazole rings is 1. The second kappa shape index (κ2) is 5.61. The molecule has 1 aromatic carbocycles. The third-order valence-corrected chi connectivity index (χ3v) is 4.52. The molecular weight excluding hydrogens is 284 g/mol. The van der Waals surface area contributed by atoms with Crippen LogP contribution in [0.5, 0.6) is 0 Å². The minimum absolute atomic E-state index is 0.123. The van der Waals surface area contributed by atoms with Crippen molar-refractivity contribution in [1.29, 1.82) is 0 Å². The predicted molar refractivity (Wildman–Crippen MR) is 82.9 cm³/mol. The van der Waals surface area contributed by atoms with Gasteiger partial charge in [-0.2, -0.15) is 0 Å². The first-order chi connectivity index (χ1) is 10.6. The standard InChI is InChI=1S/C16H20N2O4/c1-18-12-10-11(6-7-13(12)22-15(18)20)17-14(19)16(21-2)8-4-3-5-9-16/h6-7,10H,3-5,8-9H2,1-2H3,(H,17,19). The lowest BCUT2D eigenvalue weighted by Gasteiger charge is -2.34. The van der Waals surface area contributed by atoms with Crippen LogP contribution in [-0.2, 0) is 16.6 Å². The van der Waals surface area contributed by atoms with E-state index in [0.717, 1.165) is 32.1 Å². The zero-order chi connectivity index (χ0) is 15.7. The van der Waals surface area contributed by atoms with Crippen LogP contribution >= 0.6 is 0 Å². The van der Waals surface area contributed by atoms with Gasteiger partial charge in [0, 0.05) is 19.8 Å². The van der Waals surface area contributed by atoms with Crippen LogP contribution in [0, 0.1) is 0 Å². The number of carbonyl (C=O) groups excluding carboxylic acids is 1. The minimum atomic E-state index is -0.741. The van der Waals surface area contributed by atoms with Gasteiger partial charge < -0.3 is 14.5 Å². The fraction of sp³-hybridized carbons (Fsp3) is 0.500. The Kier molecular flexibility index (Phi) is 3.78. The molecule has 1 saturated carbocycles. The largest absolute Gasteiger partial charge is 0.419 e. The molecule has 6 heteroatoms. The summed E-state index contributed by atoms with van der Waals surface area (Å²) >= 11 is 0. The molecule has 1 aliphatic carbocycles. The third kappa shape index (κ3) is 2.43. The molecule has 0 saturated heterocycles. The van der Waals surface area contributed by atoms with E-state index >= 15 is 0 Å². The molecule has 1 aliphatic rings. The van der Waals surface area contributed by atoms with Crippen molar-refractivity contribution in [3.63, 3.8) is 0 Å². The topological polar surface area (TPSA) is 73.5 Å². The summed E-state index contributed by atoms with van der Waals surface area (Å²) in [5.41, 5.74) is 1.05. The Morgan fingerprint density at radius 3 is 2.73 bits per heavy atom. The molecule has 0 unspecified atom stereocenters. The Labute approximate surface area is 128 Å². The highest BCUT2D eigenvalue weighted by Crippen LogP contribution is 2.32. The fourth-order valence-electron chi connectivity index (χ4n) is 3.10. The van der Waals surface area contributed by atoms with E-state index < -0.39 is 11.4 Å². The van der Waals surface area contributed by atoms with Gasteiger partial charge in [-0.1, -0.05) is 19.3 Å². The molecule has 3 rings (SSSR count). The van der Waals surface area contributed by atoms with E-state index in [0.29, 0.717) is 16.8 Å². The molecule has 22 heavy (non-hydrogen) atoms. The van der Waals surface area contributed by atoms with Gasteiger partial charge in [0.25, 0.3) is 5.91 Å². The predicted octanol–water partition coefficient (Wildman–Crippen LogP) is 2.42. The van der Waals surface area contributed by atoms with Gasteiger partial charge in [0.2, 0.25) is 0 Å². The number of ether oxygens (including phenoxy) is 1. The van der Waals surface area contributed by atoms with Crippen LogP contribution < -0.4 is 11.1 Å². The van der Waals surface area contributed by atoms with Crippen molar-refractivity contribution in [2.75, 3.05) is 12.4 Å². The van der Waals surface area contributed by atoms with E-state index in [4.69, 9.17) is 9.15 Å². The summed E-state index contributed by atoms with van der Waals surface area (Å²) in [6.07, 6.45) is 4.61. The maximum absolute atomic E-state index is 12.6. The summed E-state index contributed by atoms with van der Waals surface area (Å²) in [6.45, 7) is 0. The van der Waals surface area contributed by atoms with Crippen LogP contribution in [0.1, 0.15) is 32.1 Å². The van der Waals surface area contributed by atoms with Crippen molar-refractivity contribution in [1.82, 2.24) is 4.57 Å². The molecule has 1 heterocycles. The molecule has 0 bridgehead atoms. The van der Waals surface area contributed by atoms with Gasteiger partial charge in [-0.25, -0.2) is 4.79 Å². The Balaban J connectivity index is 1.87. The summed E-state index contributed by atoms with van der Waals surface area (Å²) in [4.78, 5) is 24.1. The number of nitrogens with one attached hydrogen (secondary N) is 1. The number of methoxy groups -OCH3 is 1. The number of benzene rings is 1. The highest BCUT2D eigenvalue weighted by atomic mass is 16.5.